The predicted molar refractivity (Wildman–Crippen MR) is 90.4 cm³/mol. The van der Waals surface area contributed by atoms with Crippen LogP contribution in [0.5, 0.6) is 0 Å². The molecule has 0 saturated carbocycles. The number of aromatic nitrogens is 2. The number of unbranched alkanes of at least 4 members (excludes halogenated alkanes) is 1. The van der Waals surface area contributed by atoms with Crippen molar-refractivity contribution in [1.29, 1.82) is 0 Å². The highest BCUT2D eigenvalue weighted by atomic mass is 35.5. The zero-order valence-corrected chi connectivity index (χ0v) is 14.0. The van der Waals surface area contributed by atoms with Crippen LogP contribution < -0.4 is 5.32 Å². The average Bonchev–Trinajstić information content (AvgIpc) is 2.99. The number of benzene rings is 1. The van der Waals surface area contributed by atoms with Gasteiger partial charge in [-0.1, -0.05) is 41.9 Å². The molecule has 0 radical (unpaired) electrons. The van der Waals surface area contributed by atoms with Crippen LogP contribution in [0.4, 0.5) is 4.79 Å². The predicted octanol–water partition coefficient (Wildman–Crippen LogP) is 4.19. The van der Waals surface area contributed by atoms with E-state index in [1.54, 1.807) is 12.5 Å². The first-order chi connectivity index (χ1) is 11.2. The first kappa shape index (κ1) is 17.3. The van der Waals surface area contributed by atoms with E-state index >= 15 is 0 Å². The third-order valence-corrected chi connectivity index (χ3v) is 3.92. The summed E-state index contributed by atoms with van der Waals surface area (Å²) in [7, 11) is 0. The normalized spacial score (nSPS) is 11.9. The van der Waals surface area contributed by atoms with Crippen molar-refractivity contribution in [3.63, 3.8) is 0 Å². The van der Waals surface area contributed by atoms with E-state index in [1.165, 1.54) is 0 Å². The fraction of sp³-hybridized carbons (Fsp3) is 0.412. The number of carbonyl (C=O) groups excluding carboxylic acids is 1. The van der Waals surface area contributed by atoms with Gasteiger partial charge in [-0.15, -0.1) is 0 Å². The summed E-state index contributed by atoms with van der Waals surface area (Å²) < 4.78 is 7.10. The number of amides is 1. The second-order valence-electron chi connectivity index (χ2n) is 5.46. The summed E-state index contributed by atoms with van der Waals surface area (Å²) in [6.07, 6.45) is 5.89. The molecular weight excluding hydrogens is 314 g/mol. The van der Waals surface area contributed by atoms with E-state index in [4.69, 9.17) is 16.3 Å². The van der Waals surface area contributed by atoms with Crippen LogP contribution in [0.25, 0.3) is 0 Å². The molecule has 1 heterocycles. The molecule has 1 N–H and O–H groups in total. The minimum atomic E-state index is -0.375. The van der Waals surface area contributed by atoms with Crippen LogP contribution in [-0.2, 0) is 11.3 Å². The Morgan fingerprint density at radius 1 is 1.35 bits per heavy atom. The maximum absolute atomic E-state index is 11.6. The molecule has 1 atom stereocenters. The van der Waals surface area contributed by atoms with E-state index in [9.17, 15) is 4.79 Å². The van der Waals surface area contributed by atoms with Gasteiger partial charge in [0.25, 0.3) is 0 Å². The van der Waals surface area contributed by atoms with Gasteiger partial charge in [-0.3, -0.25) is 0 Å². The highest BCUT2D eigenvalue weighted by Crippen LogP contribution is 2.19. The molecule has 0 fully saturated rings. The van der Waals surface area contributed by atoms with Gasteiger partial charge in [0.15, 0.2) is 0 Å². The highest BCUT2D eigenvalue weighted by Gasteiger charge is 2.08. The Hall–Kier alpha value is -2.01. The summed E-state index contributed by atoms with van der Waals surface area (Å²) in [6.45, 7) is 3.01. The van der Waals surface area contributed by atoms with Crippen molar-refractivity contribution in [2.75, 3.05) is 6.54 Å². The summed E-state index contributed by atoms with van der Waals surface area (Å²) in [5.41, 5.74) is 0.980. The number of hydrogen-bond donors (Lipinski definition) is 1. The van der Waals surface area contributed by atoms with Gasteiger partial charge in [0.05, 0.1) is 12.5 Å². The molecule has 1 aromatic heterocycles. The molecule has 124 valence electrons. The SMILES string of the molecule is CC(CCCCNC(=O)OCc1ccccc1)n1cncc1Cl. The quantitative estimate of drug-likeness (QED) is 0.736. The fourth-order valence-corrected chi connectivity index (χ4v) is 2.55. The smallest absolute Gasteiger partial charge is 0.407 e. The van der Waals surface area contributed by atoms with Crippen LogP contribution in [0.15, 0.2) is 42.9 Å². The monoisotopic (exact) mass is 335 g/mol. The maximum atomic E-state index is 11.6. The molecule has 2 aromatic rings. The van der Waals surface area contributed by atoms with E-state index < -0.39 is 0 Å². The van der Waals surface area contributed by atoms with Crippen molar-refractivity contribution >= 4 is 17.7 Å². The van der Waals surface area contributed by atoms with E-state index in [1.807, 2.05) is 34.9 Å². The Balaban J connectivity index is 1.55. The second-order valence-corrected chi connectivity index (χ2v) is 5.84. The summed E-state index contributed by atoms with van der Waals surface area (Å²) in [4.78, 5) is 15.6. The zero-order chi connectivity index (χ0) is 16.5. The molecule has 0 aliphatic carbocycles. The van der Waals surface area contributed by atoms with Crippen molar-refractivity contribution in [2.24, 2.45) is 0 Å². The zero-order valence-electron chi connectivity index (χ0n) is 13.2. The Labute approximate surface area is 141 Å². The van der Waals surface area contributed by atoms with E-state index in [-0.39, 0.29) is 6.09 Å². The highest BCUT2D eigenvalue weighted by molar-refractivity contribution is 6.29. The molecule has 23 heavy (non-hydrogen) atoms. The van der Waals surface area contributed by atoms with Crippen LogP contribution in [0.3, 0.4) is 0 Å². The van der Waals surface area contributed by atoms with Crippen LogP contribution in [0.2, 0.25) is 5.15 Å². The van der Waals surface area contributed by atoms with E-state index in [2.05, 4.69) is 17.2 Å². The van der Waals surface area contributed by atoms with Crippen LogP contribution in [-0.4, -0.2) is 22.2 Å². The number of ether oxygens (including phenoxy) is 1. The Bertz CT molecular complexity index is 601. The molecule has 1 amide bonds. The van der Waals surface area contributed by atoms with Gasteiger partial charge in [-0.2, -0.15) is 0 Å². The van der Waals surface area contributed by atoms with Crippen LogP contribution in [0, 0.1) is 0 Å². The summed E-state index contributed by atoms with van der Waals surface area (Å²) >= 11 is 6.03. The lowest BCUT2D eigenvalue weighted by Gasteiger charge is -2.14. The van der Waals surface area contributed by atoms with Crippen molar-refractivity contribution < 1.29 is 9.53 Å². The Morgan fingerprint density at radius 3 is 2.83 bits per heavy atom. The molecule has 1 aromatic carbocycles. The molecule has 0 bridgehead atoms. The van der Waals surface area contributed by atoms with Gasteiger partial charge < -0.3 is 14.6 Å². The first-order valence-corrected chi connectivity index (χ1v) is 8.16. The van der Waals surface area contributed by atoms with Crippen molar-refractivity contribution in [3.8, 4) is 0 Å². The van der Waals surface area contributed by atoms with E-state index in [0.717, 1.165) is 24.8 Å². The third kappa shape index (κ3) is 5.94. The number of hydrogen-bond acceptors (Lipinski definition) is 3. The summed E-state index contributed by atoms with van der Waals surface area (Å²) in [5, 5.41) is 3.42. The third-order valence-electron chi connectivity index (χ3n) is 3.62. The van der Waals surface area contributed by atoms with Crippen LogP contribution >= 0.6 is 11.6 Å². The number of halogens is 1. The molecule has 5 nitrogen and oxygen atoms in total. The number of nitrogens with one attached hydrogen (secondary N) is 1. The molecular formula is C17H22ClN3O2. The number of nitrogens with zero attached hydrogens (tertiary/aromatic N) is 2. The average molecular weight is 336 g/mol. The maximum Gasteiger partial charge on any atom is 0.407 e. The lowest BCUT2D eigenvalue weighted by Crippen LogP contribution is -2.25. The molecule has 0 aliphatic heterocycles. The topological polar surface area (TPSA) is 56.1 Å². The molecule has 6 heteroatoms. The molecule has 0 aliphatic rings. The second kappa shape index (κ2) is 9.20. The number of rotatable bonds is 8. The molecule has 1 unspecified atom stereocenters. The van der Waals surface area contributed by atoms with Gasteiger partial charge in [-0.25, -0.2) is 9.78 Å². The first-order valence-electron chi connectivity index (χ1n) is 7.78. The summed E-state index contributed by atoms with van der Waals surface area (Å²) in [5.74, 6) is 0. The van der Waals surface area contributed by atoms with Crippen molar-refractivity contribution in [3.05, 3.63) is 53.6 Å². The lowest BCUT2D eigenvalue weighted by atomic mass is 10.1. The fourth-order valence-electron chi connectivity index (χ4n) is 2.28. The summed E-state index contributed by atoms with van der Waals surface area (Å²) in [6, 6.07) is 9.93. The minimum absolute atomic E-state index is 0.294. The van der Waals surface area contributed by atoms with Crippen LogP contribution in [0.1, 0.15) is 37.8 Å². The Kier molecular flexibility index (Phi) is 6.94. The molecule has 0 spiro atoms. The van der Waals surface area contributed by atoms with Gasteiger partial charge in [0, 0.05) is 12.6 Å². The van der Waals surface area contributed by atoms with Crippen molar-refractivity contribution in [1.82, 2.24) is 14.9 Å². The van der Waals surface area contributed by atoms with E-state index in [0.29, 0.717) is 24.3 Å². The lowest BCUT2D eigenvalue weighted by molar-refractivity contribution is 0.139. The number of imidazole rings is 1. The largest absolute Gasteiger partial charge is 0.445 e. The van der Waals surface area contributed by atoms with Gasteiger partial charge in [0.1, 0.15) is 11.8 Å². The van der Waals surface area contributed by atoms with Gasteiger partial charge in [-0.05, 0) is 31.7 Å². The van der Waals surface area contributed by atoms with Gasteiger partial charge in [0.2, 0.25) is 0 Å². The number of alkyl carbamates (subject to hydrolysis) is 1. The number of carbonyl (C=O) groups is 1. The minimum Gasteiger partial charge on any atom is -0.445 e. The van der Waals surface area contributed by atoms with Gasteiger partial charge >= 0.3 is 6.09 Å². The Morgan fingerprint density at radius 2 is 2.13 bits per heavy atom. The molecule has 2 rings (SSSR count). The molecule has 0 saturated heterocycles. The van der Waals surface area contributed by atoms with Crippen molar-refractivity contribution in [2.45, 2.75) is 38.8 Å². The standard InChI is InChI=1S/C17H22ClN3O2/c1-14(21-13-19-11-16(21)18)7-5-6-10-20-17(22)23-12-15-8-3-2-4-9-15/h2-4,8-9,11,13-14H,5-7,10,12H2,1H3,(H,20,22).